The van der Waals surface area contributed by atoms with Gasteiger partial charge in [-0.3, -0.25) is 9.69 Å². The molecule has 0 saturated carbocycles. The summed E-state index contributed by atoms with van der Waals surface area (Å²) in [7, 11) is 0. The smallest absolute Gasteiger partial charge is 0.241 e. The summed E-state index contributed by atoms with van der Waals surface area (Å²) in [6, 6.07) is 19.1. The molecule has 0 spiro atoms. The van der Waals surface area contributed by atoms with E-state index in [4.69, 9.17) is 0 Å². The van der Waals surface area contributed by atoms with Crippen molar-refractivity contribution in [3.63, 3.8) is 0 Å². The SMILES string of the molecule is CC1Cc2ccccc2N1C(=O)CN1CCN(c2ccccc2)CC1. The number of carbonyl (C=O) groups is 1. The number of anilines is 2. The predicted molar refractivity (Wildman–Crippen MR) is 102 cm³/mol. The summed E-state index contributed by atoms with van der Waals surface area (Å²) in [5, 5.41) is 0. The second kappa shape index (κ2) is 6.89. The number of hydrogen-bond donors (Lipinski definition) is 0. The van der Waals surface area contributed by atoms with Crippen LogP contribution in [0.1, 0.15) is 12.5 Å². The average molecular weight is 335 g/mol. The van der Waals surface area contributed by atoms with Crippen LogP contribution in [0.15, 0.2) is 54.6 Å². The maximum atomic E-state index is 12.9. The van der Waals surface area contributed by atoms with Gasteiger partial charge in [-0.05, 0) is 37.1 Å². The molecule has 1 amide bonds. The molecule has 4 nitrogen and oxygen atoms in total. The molecule has 0 aromatic heterocycles. The number of piperazine rings is 1. The Labute approximate surface area is 149 Å². The van der Waals surface area contributed by atoms with Gasteiger partial charge in [0.25, 0.3) is 0 Å². The fourth-order valence-corrected chi connectivity index (χ4v) is 4.02. The summed E-state index contributed by atoms with van der Waals surface area (Å²) >= 11 is 0. The predicted octanol–water partition coefficient (Wildman–Crippen LogP) is 2.79. The minimum Gasteiger partial charge on any atom is -0.369 e. The molecule has 4 rings (SSSR count). The second-order valence-corrected chi connectivity index (χ2v) is 7.04. The summed E-state index contributed by atoms with van der Waals surface area (Å²) in [6.07, 6.45) is 0.962. The number of rotatable bonds is 3. The molecule has 4 heteroatoms. The van der Waals surface area contributed by atoms with Crippen molar-refractivity contribution in [3.8, 4) is 0 Å². The molecule has 1 atom stereocenters. The molecular formula is C21H25N3O. The maximum Gasteiger partial charge on any atom is 0.241 e. The van der Waals surface area contributed by atoms with Gasteiger partial charge in [-0.15, -0.1) is 0 Å². The van der Waals surface area contributed by atoms with Crippen molar-refractivity contribution in [1.82, 2.24) is 4.90 Å². The van der Waals surface area contributed by atoms with Crippen LogP contribution in [0.2, 0.25) is 0 Å². The molecule has 2 aromatic carbocycles. The van der Waals surface area contributed by atoms with Gasteiger partial charge in [-0.25, -0.2) is 0 Å². The lowest BCUT2D eigenvalue weighted by Crippen LogP contribution is -2.51. The molecule has 1 saturated heterocycles. The molecule has 130 valence electrons. The Morgan fingerprint density at radius 3 is 2.40 bits per heavy atom. The first-order valence-electron chi connectivity index (χ1n) is 9.15. The zero-order valence-corrected chi connectivity index (χ0v) is 14.8. The third-order valence-corrected chi connectivity index (χ3v) is 5.33. The number of para-hydroxylation sites is 2. The number of nitrogens with zero attached hydrogens (tertiary/aromatic N) is 3. The summed E-state index contributed by atoms with van der Waals surface area (Å²) in [6.45, 7) is 6.48. The van der Waals surface area contributed by atoms with Crippen molar-refractivity contribution < 1.29 is 4.79 Å². The van der Waals surface area contributed by atoms with E-state index in [1.165, 1.54) is 11.3 Å². The van der Waals surface area contributed by atoms with Gasteiger partial charge in [0.05, 0.1) is 6.54 Å². The fraction of sp³-hybridized carbons (Fsp3) is 0.381. The van der Waals surface area contributed by atoms with Crippen molar-refractivity contribution in [2.75, 3.05) is 42.5 Å². The number of carbonyl (C=O) groups excluding carboxylic acids is 1. The van der Waals surface area contributed by atoms with Crippen LogP contribution in [0.5, 0.6) is 0 Å². The Hall–Kier alpha value is -2.33. The van der Waals surface area contributed by atoms with Crippen LogP contribution in [-0.4, -0.2) is 49.6 Å². The highest BCUT2D eigenvalue weighted by Crippen LogP contribution is 2.31. The van der Waals surface area contributed by atoms with Crippen LogP contribution in [0.3, 0.4) is 0 Å². The van der Waals surface area contributed by atoms with E-state index >= 15 is 0 Å². The van der Waals surface area contributed by atoms with Crippen molar-refractivity contribution in [2.24, 2.45) is 0 Å². The molecule has 25 heavy (non-hydrogen) atoms. The van der Waals surface area contributed by atoms with Gasteiger partial charge in [0.1, 0.15) is 0 Å². The Morgan fingerprint density at radius 1 is 0.960 bits per heavy atom. The molecule has 0 aliphatic carbocycles. The van der Waals surface area contributed by atoms with Gasteiger partial charge in [0.2, 0.25) is 5.91 Å². The van der Waals surface area contributed by atoms with Crippen LogP contribution < -0.4 is 9.80 Å². The number of benzene rings is 2. The summed E-state index contributed by atoms with van der Waals surface area (Å²) in [4.78, 5) is 19.6. The molecule has 2 aliphatic rings. The highest BCUT2D eigenvalue weighted by atomic mass is 16.2. The van der Waals surface area contributed by atoms with Gasteiger partial charge in [0, 0.05) is 43.6 Å². The van der Waals surface area contributed by atoms with Crippen molar-refractivity contribution in [3.05, 3.63) is 60.2 Å². The summed E-state index contributed by atoms with van der Waals surface area (Å²) in [5.41, 5.74) is 3.66. The molecule has 2 aromatic rings. The van der Waals surface area contributed by atoms with E-state index in [0.717, 1.165) is 38.3 Å². The molecule has 1 unspecified atom stereocenters. The molecule has 2 heterocycles. The van der Waals surface area contributed by atoms with Gasteiger partial charge in [-0.1, -0.05) is 36.4 Å². The number of amides is 1. The van der Waals surface area contributed by atoms with Crippen LogP contribution in [-0.2, 0) is 11.2 Å². The number of fused-ring (bicyclic) bond motifs is 1. The zero-order valence-electron chi connectivity index (χ0n) is 14.8. The standard InChI is InChI=1S/C21H25N3O/c1-17-15-18-7-5-6-10-20(18)24(17)21(25)16-22-11-13-23(14-12-22)19-8-3-2-4-9-19/h2-10,17H,11-16H2,1H3. The maximum absolute atomic E-state index is 12.9. The molecule has 0 radical (unpaired) electrons. The van der Waals surface area contributed by atoms with E-state index in [-0.39, 0.29) is 11.9 Å². The van der Waals surface area contributed by atoms with Crippen molar-refractivity contribution in [1.29, 1.82) is 0 Å². The Morgan fingerprint density at radius 2 is 1.64 bits per heavy atom. The van der Waals surface area contributed by atoms with Gasteiger partial charge in [-0.2, -0.15) is 0 Å². The second-order valence-electron chi connectivity index (χ2n) is 7.04. The summed E-state index contributed by atoms with van der Waals surface area (Å²) in [5.74, 6) is 0.227. The first kappa shape index (κ1) is 16.2. The number of hydrogen-bond acceptors (Lipinski definition) is 3. The van der Waals surface area contributed by atoms with Gasteiger partial charge < -0.3 is 9.80 Å². The monoisotopic (exact) mass is 335 g/mol. The van der Waals surface area contributed by atoms with E-state index in [9.17, 15) is 4.79 Å². The lowest BCUT2D eigenvalue weighted by Gasteiger charge is -2.36. The Balaban J connectivity index is 1.37. The minimum absolute atomic E-state index is 0.227. The minimum atomic E-state index is 0.227. The normalized spacial score (nSPS) is 20.6. The Bertz CT molecular complexity index is 738. The highest BCUT2D eigenvalue weighted by Gasteiger charge is 2.31. The van der Waals surface area contributed by atoms with Crippen LogP contribution in [0.25, 0.3) is 0 Å². The van der Waals surface area contributed by atoms with Crippen LogP contribution >= 0.6 is 0 Å². The van der Waals surface area contributed by atoms with Crippen LogP contribution in [0, 0.1) is 0 Å². The molecule has 1 fully saturated rings. The fourth-order valence-electron chi connectivity index (χ4n) is 4.02. The first-order chi connectivity index (χ1) is 12.2. The highest BCUT2D eigenvalue weighted by molar-refractivity contribution is 5.97. The third-order valence-electron chi connectivity index (χ3n) is 5.33. The quantitative estimate of drug-likeness (QED) is 0.863. The Kier molecular flexibility index (Phi) is 4.45. The van der Waals surface area contributed by atoms with E-state index in [2.05, 4.69) is 59.2 Å². The van der Waals surface area contributed by atoms with Crippen molar-refractivity contribution >= 4 is 17.3 Å². The molecule has 0 N–H and O–H groups in total. The van der Waals surface area contributed by atoms with E-state index in [1.54, 1.807) is 0 Å². The first-order valence-corrected chi connectivity index (χ1v) is 9.15. The topological polar surface area (TPSA) is 26.8 Å². The molecular weight excluding hydrogens is 310 g/mol. The molecule has 0 bridgehead atoms. The van der Waals surface area contributed by atoms with Crippen LogP contribution in [0.4, 0.5) is 11.4 Å². The van der Waals surface area contributed by atoms with E-state index < -0.39 is 0 Å². The average Bonchev–Trinajstić information content (AvgIpc) is 2.99. The zero-order chi connectivity index (χ0) is 17.2. The van der Waals surface area contributed by atoms with E-state index in [0.29, 0.717) is 6.54 Å². The van der Waals surface area contributed by atoms with Gasteiger partial charge in [0.15, 0.2) is 0 Å². The largest absolute Gasteiger partial charge is 0.369 e. The molecule has 2 aliphatic heterocycles. The van der Waals surface area contributed by atoms with Gasteiger partial charge >= 0.3 is 0 Å². The lowest BCUT2D eigenvalue weighted by molar-refractivity contribution is -0.120. The lowest BCUT2D eigenvalue weighted by atomic mass is 10.1. The summed E-state index contributed by atoms with van der Waals surface area (Å²) < 4.78 is 0. The van der Waals surface area contributed by atoms with E-state index in [1.807, 2.05) is 17.0 Å². The third kappa shape index (κ3) is 3.27. The van der Waals surface area contributed by atoms with Crippen molar-refractivity contribution in [2.45, 2.75) is 19.4 Å².